The quantitative estimate of drug-likeness (QED) is 0.218. The van der Waals surface area contributed by atoms with Gasteiger partial charge in [0.1, 0.15) is 23.1 Å². The van der Waals surface area contributed by atoms with Crippen LogP contribution in [0.5, 0.6) is 0 Å². The lowest BCUT2D eigenvalue weighted by Gasteiger charge is -2.28. The van der Waals surface area contributed by atoms with Gasteiger partial charge in [-0.3, -0.25) is 4.79 Å². The molecular weight excluding hydrogens is 510 g/mol. The van der Waals surface area contributed by atoms with Crippen molar-refractivity contribution in [3.8, 4) is 0 Å². The van der Waals surface area contributed by atoms with Crippen molar-refractivity contribution in [2.24, 2.45) is 5.92 Å². The Morgan fingerprint density at radius 3 is 2.13 bits per heavy atom. The molecule has 0 radical (unpaired) electrons. The van der Waals surface area contributed by atoms with Gasteiger partial charge in [-0.1, -0.05) is 74.5 Å². The van der Waals surface area contributed by atoms with Crippen molar-refractivity contribution in [1.82, 2.24) is 10.0 Å². The summed E-state index contributed by atoms with van der Waals surface area (Å²) in [7, 11) is -2.03. The molecule has 0 aliphatic rings. The first-order chi connectivity index (χ1) is 18.3. The molecule has 2 N–H and O–H groups in total. The molecule has 0 heterocycles. The summed E-state index contributed by atoms with van der Waals surface area (Å²) >= 11 is 0. The molecule has 3 rings (SSSR count). The van der Waals surface area contributed by atoms with E-state index < -0.39 is 40.7 Å². The van der Waals surface area contributed by atoms with Gasteiger partial charge in [0, 0.05) is 12.1 Å². The number of Topliss-reactive ketones (excluding diaryl/α,β-unsaturated/α-hetero) is 1. The Morgan fingerprint density at radius 1 is 0.895 bits per heavy atom. The van der Waals surface area contributed by atoms with E-state index in [-0.39, 0.29) is 29.7 Å². The van der Waals surface area contributed by atoms with Crippen molar-refractivity contribution < 1.29 is 27.3 Å². The molecule has 0 aromatic heterocycles. The van der Waals surface area contributed by atoms with Crippen molar-refractivity contribution in [3.05, 3.63) is 102 Å². The van der Waals surface area contributed by atoms with Crippen molar-refractivity contribution in [2.75, 3.05) is 13.1 Å². The fourth-order valence-corrected chi connectivity index (χ4v) is 5.04. The number of hydrogen-bond acceptors (Lipinski definition) is 5. The smallest absolute Gasteiger partial charge is 0.329 e. The number of benzene rings is 3. The summed E-state index contributed by atoms with van der Waals surface area (Å²) < 4.78 is 48.7. The van der Waals surface area contributed by atoms with E-state index >= 15 is 0 Å². The number of nitrogens with one attached hydrogen (secondary N) is 2. The van der Waals surface area contributed by atoms with Gasteiger partial charge in [0.15, 0.2) is 17.4 Å². The Kier molecular flexibility index (Phi) is 11.3. The summed E-state index contributed by atoms with van der Waals surface area (Å²) in [5.74, 6) is -2.92. The number of rotatable bonds is 14. The first-order valence-corrected chi connectivity index (χ1v) is 13.7. The van der Waals surface area contributed by atoms with Crippen LogP contribution in [-0.2, 0) is 20.5 Å². The zero-order chi connectivity index (χ0) is 27.5. The maximum atomic E-state index is 13.7. The molecule has 3 atom stereocenters. The largest absolute Gasteiger partial charge is 0.459 e. The van der Waals surface area contributed by atoms with Crippen molar-refractivity contribution in [2.45, 2.75) is 43.7 Å². The van der Waals surface area contributed by atoms with Gasteiger partial charge in [-0.15, -0.1) is 0 Å². The van der Waals surface area contributed by atoms with Crippen LogP contribution >= 0.6 is 0 Å². The van der Waals surface area contributed by atoms with Crippen LogP contribution in [0.15, 0.2) is 83.8 Å². The minimum absolute atomic E-state index is 0.0183. The molecule has 3 aromatic rings. The monoisotopic (exact) mass is 542 g/mol. The lowest BCUT2D eigenvalue weighted by Crippen LogP contribution is -2.41. The summed E-state index contributed by atoms with van der Waals surface area (Å²) in [4.78, 5) is 25.9. The Hall–Kier alpha value is -3.27. The molecule has 0 fully saturated rings. The summed E-state index contributed by atoms with van der Waals surface area (Å²) in [6.45, 7) is 4.33. The maximum absolute atomic E-state index is 13.7. The summed E-state index contributed by atoms with van der Waals surface area (Å²) in [5, 5.41) is 3.11. The third-order valence-corrected chi connectivity index (χ3v) is 7.40. The molecule has 202 valence electrons. The fourth-order valence-electron chi connectivity index (χ4n) is 4.06. The van der Waals surface area contributed by atoms with Crippen LogP contribution < -0.4 is 10.0 Å². The molecule has 9 heteroatoms. The predicted octanol–water partition coefficient (Wildman–Crippen LogP) is 5.14. The second kappa shape index (κ2) is 14.6. The number of carbonyl (C=O) groups is 2. The highest BCUT2D eigenvalue weighted by Crippen LogP contribution is 2.22. The molecule has 0 saturated heterocycles. The minimum Gasteiger partial charge on any atom is -0.459 e. The second-order valence-electron chi connectivity index (χ2n) is 8.78. The van der Waals surface area contributed by atoms with Gasteiger partial charge < -0.3 is 10.1 Å². The Bertz CT molecular complexity index is 1220. The molecule has 0 aliphatic carbocycles. The third kappa shape index (κ3) is 8.11. The average Bonchev–Trinajstić information content (AvgIpc) is 2.94. The van der Waals surface area contributed by atoms with E-state index in [1.807, 2.05) is 19.9 Å². The Morgan fingerprint density at radius 2 is 1.53 bits per heavy atom. The van der Waals surface area contributed by atoms with E-state index in [2.05, 4.69) is 10.0 Å². The zero-order valence-corrected chi connectivity index (χ0v) is 22.2. The van der Waals surface area contributed by atoms with Gasteiger partial charge >= 0.3 is 5.97 Å². The van der Waals surface area contributed by atoms with Crippen LogP contribution in [-0.4, -0.2) is 35.2 Å². The molecule has 3 aromatic carbocycles. The number of hydrogen-bond donors (Lipinski definition) is 2. The number of ether oxygens (including phenoxy) is 1. The number of halogens is 2. The third-order valence-electron chi connectivity index (χ3n) is 6.27. The normalized spacial score (nSPS) is 13.6. The van der Waals surface area contributed by atoms with E-state index in [0.717, 1.165) is 25.0 Å². The summed E-state index contributed by atoms with van der Waals surface area (Å²) in [6.07, 6.45) is 0.936. The highest BCUT2D eigenvalue weighted by molar-refractivity contribution is 7.83. The van der Waals surface area contributed by atoms with Gasteiger partial charge in [-0.25, -0.2) is 22.5 Å². The van der Waals surface area contributed by atoms with Gasteiger partial charge in [0.2, 0.25) is 0 Å². The van der Waals surface area contributed by atoms with Crippen LogP contribution in [0.2, 0.25) is 0 Å². The number of ketones is 1. The molecule has 6 nitrogen and oxygen atoms in total. The van der Waals surface area contributed by atoms with Gasteiger partial charge in [-0.2, -0.15) is 0 Å². The minimum atomic E-state index is -2.03. The van der Waals surface area contributed by atoms with Gasteiger partial charge in [0.25, 0.3) is 0 Å². The van der Waals surface area contributed by atoms with Crippen LogP contribution in [0.3, 0.4) is 0 Å². The molecule has 38 heavy (non-hydrogen) atoms. The fraction of sp³-hybridized carbons (Fsp3) is 0.310. The van der Waals surface area contributed by atoms with E-state index in [4.69, 9.17) is 4.74 Å². The SMILES string of the molecule is CCC(CC)[C@H](CNCC(=O)c1ccccc1)OC(=O)C(NS(=O)c1ccc(F)c(F)c1)c1ccccc1. The highest BCUT2D eigenvalue weighted by Gasteiger charge is 2.30. The molecule has 0 spiro atoms. The number of esters is 1. The van der Waals surface area contributed by atoms with Crippen LogP contribution in [0.25, 0.3) is 0 Å². The van der Waals surface area contributed by atoms with E-state index in [1.54, 1.807) is 54.6 Å². The van der Waals surface area contributed by atoms with Crippen LogP contribution in [0, 0.1) is 17.6 Å². The lowest BCUT2D eigenvalue weighted by molar-refractivity contribution is -0.154. The topological polar surface area (TPSA) is 84.5 Å². The molecule has 0 saturated carbocycles. The van der Waals surface area contributed by atoms with Crippen molar-refractivity contribution in [1.29, 1.82) is 0 Å². The highest BCUT2D eigenvalue weighted by atomic mass is 32.2. The van der Waals surface area contributed by atoms with E-state index in [9.17, 15) is 22.6 Å². The number of carbonyl (C=O) groups excluding carboxylic acids is 2. The van der Waals surface area contributed by atoms with E-state index in [1.165, 1.54) is 6.07 Å². The Labute approximate surface area is 224 Å². The average molecular weight is 543 g/mol. The summed E-state index contributed by atoms with van der Waals surface area (Å²) in [6, 6.07) is 19.3. The maximum Gasteiger partial charge on any atom is 0.329 e. The second-order valence-corrected chi connectivity index (χ2v) is 10.0. The molecule has 2 unspecified atom stereocenters. The molecule has 0 aliphatic heterocycles. The lowest BCUT2D eigenvalue weighted by atomic mass is 9.96. The standard InChI is InChI=1S/C29H32F2N2O4S/c1-3-20(4-2)27(19-32-18-26(34)21-11-7-5-8-12-21)37-29(35)28(22-13-9-6-10-14-22)33-38(36)23-15-16-24(30)25(31)17-23/h5-17,20,27-28,32-33H,3-4,18-19H2,1-2H3/t27-,28?,38?/m0/s1. The van der Waals surface area contributed by atoms with Crippen LogP contribution in [0.4, 0.5) is 8.78 Å². The first kappa shape index (κ1) is 29.3. The zero-order valence-electron chi connectivity index (χ0n) is 21.4. The van der Waals surface area contributed by atoms with E-state index in [0.29, 0.717) is 11.1 Å². The molecule has 0 bridgehead atoms. The van der Waals surface area contributed by atoms with Gasteiger partial charge in [-0.05, 0) is 42.5 Å². The Balaban J connectivity index is 1.75. The predicted molar refractivity (Wildman–Crippen MR) is 143 cm³/mol. The van der Waals surface area contributed by atoms with Crippen molar-refractivity contribution in [3.63, 3.8) is 0 Å². The summed E-state index contributed by atoms with van der Waals surface area (Å²) in [5.41, 5.74) is 1.09. The first-order valence-electron chi connectivity index (χ1n) is 12.5. The van der Waals surface area contributed by atoms with Gasteiger partial charge in [0.05, 0.1) is 11.4 Å². The van der Waals surface area contributed by atoms with Crippen molar-refractivity contribution >= 4 is 22.7 Å². The van der Waals surface area contributed by atoms with Crippen LogP contribution in [0.1, 0.15) is 48.7 Å². The molecule has 0 amide bonds. The molecular formula is C29H32F2N2O4S.